The SMILES string of the molecule is O.O=S=O.[H-].[Na+]. The summed E-state index contributed by atoms with van der Waals surface area (Å²) < 4.78 is 16.6. The van der Waals surface area contributed by atoms with Gasteiger partial charge >= 0.3 is 41.1 Å². The van der Waals surface area contributed by atoms with Gasteiger partial charge in [0.1, 0.15) is 0 Å². The molecule has 28 valence electrons. The summed E-state index contributed by atoms with van der Waals surface area (Å²) in [4.78, 5) is 0. The van der Waals surface area contributed by atoms with Crippen molar-refractivity contribution in [2.45, 2.75) is 0 Å². The Hall–Kier alpha value is 0.780. The molecule has 0 saturated carbocycles. The molecule has 0 aliphatic heterocycles. The van der Waals surface area contributed by atoms with Crippen LogP contribution in [0.1, 0.15) is 1.43 Å². The van der Waals surface area contributed by atoms with E-state index >= 15 is 0 Å². The van der Waals surface area contributed by atoms with Crippen LogP contribution in [0, 0.1) is 0 Å². The molecule has 0 aromatic rings. The molecule has 0 aliphatic rings. The first-order valence-corrected chi connectivity index (χ1v) is 1.00. The minimum Gasteiger partial charge on any atom is -1.00 e. The molecule has 0 amide bonds. The molecule has 0 spiro atoms. The monoisotopic (exact) mass is 106 g/mol. The third kappa shape index (κ3) is 60.7. The van der Waals surface area contributed by atoms with Crippen molar-refractivity contribution in [3.8, 4) is 0 Å². The van der Waals surface area contributed by atoms with Gasteiger partial charge in [0.05, 0.1) is 0 Å². The Morgan fingerprint density at radius 1 is 1.40 bits per heavy atom. The van der Waals surface area contributed by atoms with E-state index in [1.807, 2.05) is 0 Å². The Bertz CT molecular complexity index is 31.8. The van der Waals surface area contributed by atoms with Crippen molar-refractivity contribution in [2.75, 3.05) is 0 Å². The molecule has 3 nitrogen and oxygen atoms in total. The molecule has 0 heterocycles. The standard InChI is InChI=1S/Na.O2S.H2O.H/c;1-3-2;;/h;;1H2;/q+1;;;-1. The predicted molar refractivity (Wildman–Crippen MR) is 13.6 cm³/mol. The van der Waals surface area contributed by atoms with Crippen molar-refractivity contribution in [3.63, 3.8) is 0 Å². The third-order valence-electron chi connectivity index (χ3n) is 0. The average Bonchev–Trinajstić information content (AvgIpc) is 0.918. The average molecular weight is 106 g/mol. The van der Waals surface area contributed by atoms with Gasteiger partial charge in [-0.25, -0.2) is 0 Å². The second kappa shape index (κ2) is 21.6. The van der Waals surface area contributed by atoms with E-state index in [9.17, 15) is 0 Å². The van der Waals surface area contributed by atoms with Crippen molar-refractivity contribution in [1.82, 2.24) is 0 Å². The van der Waals surface area contributed by atoms with Crippen molar-refractivity contribution < 1.29 is 44.9 Å². The van der Waals surface area contributed by atoms with Crippen LogP contribution >= 0.6 is 0 Å². The molecule has 5 heavy (non-hydrogen) atoms. The van der Waals surface area contributed by atoms with E-state index < -0.39 is 11.6 Å². The van der Waals surface area contributed by atoms with E-state index in [-0.39, 0.29) is 36.5 Å². The Kier molecular flexibility index (Phi) is 73.7. The predicted octanol–water partition coefficient (Wildman–Crippen LogP) is -4.38. The van der Waals surface area contributed by atoms with Gasteiger partial charge in [-0.15, -0.1) is 0 Å². The maximum atomic E-state index is 8.29. The number of hydrogen-bond donors (Lipinski definition) is 0. The van der Waals surface area contributed by atoms with Gasteiger partial charge < -0.3 is 6.90 Å². The van der Waals surface area contributed by atoms with Crippen molar-refractivity contribution in [1.29, 1.82) is 0 Å². The summed E-state index contributed by atoms with van der Waals surface area (Å²) in [5.41, 5.74) is 0. The van der Waals surface area contributed by atoms with Crippen LogP contribution in [0.2, 0.25) is 0 Å². The fourth-order valence-corrected chi connectivity index (χ4v) is 0. The van der Waals surface area contributed by atoms with Gasteiger partial charge in [-0.2, -0.15) is 8.42 Å². The summed E-state index contributed by atoms with van der Waals surface area (Å²) in [6.07, 6.45) is 0. The minimum atomic E-state index is -0.750. The summed E-state index contributed by atoms with van der Waals surface area (Å²) in [7, 11) is 0. The fourth-order valence-electron chi connectivity index (χ4n) is 0. The molecule has 0 aliphatic carbocycles. The maximum absolute atomic E-state index is 8.29. The number of rotatable bonds is 0. The van der Waals surface area contributed by atoms with Crippen LogP contribution in [0.15, 0.2) is 0 Å². The molecule has 0 aromatic heterocycles. The first kappa shape index (κ1) is 17.1. The normalized spacial score (nSPS) is 2.40. The minimum absolute atomic E-state index is 0. The van der Waals surface area contributed by atoms with E-state index in [0.29, 0.717) is 0 Å². The van der Waals surface area contributed by atoms with E-state index in [2.05, 4.69) is 0 Å². The fraction of sp³-hybridized carbons (Fsp3) is 0. The molecule has 0 bridgehead atoms. The van der Waals surface area contributed by atoms with Crippen LogP contribution < -0.4 is 29.6 Å². The zero-order chi connectivity index (χ0) is 2.71. The van der Waals surface area contributed by atoms with Crippen molar-refractivity contribution in [3.05, 3.63) is 0 Å². The van der Waals surface area contributed by atoms with Gasteiger partial charge in [0.15, 0.2) is 0 Å². The molecular weight excluding hydrogens is 103 g/mol. The quantitative estimate of drug-likeness (QED) is 0.293. The maximum Gasteiger partial charge on any atom is 1.00 e. The van der Waals surface area contributed by atoms with E-state index in [1.54, 1.807) is 0 Å². The topological polar surface area (TPSA) is 65.6 Å². The molecule has 0 unspecified atom stereocenters. The van der Waals surface area contributed by atoms with Gasteiger partial charge in [-0.05, 0) is 0 Å². The zero-order valence-electron chi connectivity index (χ0n) is 3.72. The van der Waals surface area contributed by atoms with Crippen LogP contribution in [0.4, 0.5) is 0 Å². The van der Waals surface area contributed by atoms with Crippen LogP contribution in [0.25, 0.3) is 0 Å². The largest absolute Gasteiger partial charge is 1.00 e. The van der Waals surface area contributed by atoms with Gasteiger partial charge in [0.2, 0.25) is 0 Å². The first-order chi connectivity index (χ1) is 1.41. The molecule has 0 aromatic carbocycles. The molecule has 5 heteroatoms. The van der Waals surface area contributed by atoms with Gasteiger partial charge in [0.25, 0.3) is 0 Å². The third-order valence-corrected chi connectivity index (χ3v) is 0. The molecule has 0 rings (SSSR count). The van der Waals surface area contributed by atoms with E-state index in [1.165, 1.54) is 0 Å². The van der Waals surface area contributed by atoms with Crippen LogP contribution in [-0.4, -0.2) is 13.9 Å². The Labute approximate surface area is 56.4 Å². The number of hydrogen-bond acceptors (Lipinski definition) is 2. The van der Waals surface area contributed by atoms with E-state index in [4.69, 9.17) is 8.42 Å². The molecule has 0 radical (unpaired) electrons. The van der Waals surface area contributed by atoms with Gasteiger partial charge in [-0.1, -0.05) is 0 Å². The zero-order valence-corrected chi connectivity index (χ0v) is 5.54. The van der Waals surface area contributed by atoms with Crippen LogP contribution in [0.3, 0.4) is 0 Å². The second-order valence-corrected chi connectivity index (χ2v) is 0.204. The van der Waals surface area contributed by atoms with Crippen LogP contribution in [0.5, 0.6) is 0 Å². The summed E-state index contributed by atoms with van der Waals surface area (Å²) in [6, 6.07) is 0. The molecular formula is H3NaO3S. The van der Waals surface area contributed by atoms with Gasteiger partial charge in [-0.3, -0.25) is 0 Å². The Balaban J connectivity index is -0.00000000667. The van der Waals surface area contributed by atoms with Crippen molar-refractivity contribution in [2.24, 2.45) is 0 Å². The van der Waals surface area contributed by atoms with Gasteiger partial charge in [0, 0.05) is 0 Å². The second-order valence-electron chi connectivity index (χ2n) is 0.0680. The summed E-state index contributed by atoms with van der Waals surface area (Å²) >= 11 is -0.750. The Morgan fingerprint density at radius 2 is 1.40 bits per heavy atom. The van der Waals surface area contributed by atoms with E-state index in [0.717, 1.165) is 0 Å². The molecule has 0 fully saturated rings. The summed E-state index contributed by atoms with van der Waals surface area (Å²) in [5, 5.41) is 0. The summed E-state index contributed by atoms with van der Waals surface area (Å²) in [5.74, 6) is 0. The summed E-state index contributed by atoms with van der Waals surface area (Å²) in [6.45, 7) is 0. The smallest absolute Gasteiger partial charge is 1.00 e. The first-order valence-electron chi connectivity index (χ1n) is 0.333. The molecule has 0 atom stereocenters. The molecule has 0 saturated heterocycles. The molecule has 2 N–H and O–H groups in total. The van der Waals surface area contributed by atoms with Crippen molar-refractivity contribution >= 4 is 11.6 Å². The van der Waals surface area contributed by atoms with Crippen LogP contribution in [-0.2, 0) is 11.6 Å². The Morgan fingerprint density at radius 3 is 1.40 bits per heavy atom.